The van der Waals surface area contributed by atoms with Crippen molar-refractivity contribution < 1.29 is 13.0 Å². The average molecular weight is 216 g/mol. The molecule has 1 aromatic rings. The molecule has 0 unspecified atom stereocenters. The van der Waals surface area contributed by atoms with E-state index in [4.69, 9.17) is 4.55 Å². The molecule has 1 aromatic carbocycles. The summed E-state index contributed by atoms with van der Waals surface area (Å²) in [6.45, 7) is 1.77. The fourth-order valence-electron chi connectivity index (χ4n) is 1.19. The van der Waals surface area contributed by atoms with Gasteiger partial charge in [0.2, 0.25) is 0 Å². The van der Waals surface area contributed by atoms with Crippen molar-refractivity contribution in [2.45, 2.75) is 20.3 Å². The fraction of sp³-hybridized carbons (Fsp3) is 0.400. The van der Waals surface area contributed by atoms with Crippen LogP contribution in [0.2, 0.25) is 0 Å². The van der Waals surface area contributed by atoms with Gasteiger partial charge in [0, 0.05) is 0 Å². The summed E-state index contributed by atoms with van der Waals surface area (Å²) in [5.41, 5.74) is 0.917. The molecule has 0 aliphatic carbocycles. The lowest BCUT2D eigenvalue weighted by Gasteiger charge is -2.08. The maximum Gasteiger partial charge on any atom is 0.265 e. The van der Waals surface area contributed by atoms with E-state index >= 15 is 0 Å². The monoisotopic (exact) mass is 216 g/mol. The average Bonchev–Trinajstić information content (AvgIpc) is 2.03. The summed E-state index contributed by atoms with van der Waals surface area (Å²) in [5.74, 6) is -0.395. The molecule has 0 aliphatic heterocycles. The normalized spacial score (nSPS) is 13.0. The van der Waals surface area contributed by atoms with E-state index < -0.39 is 10.1 Å². The van der Waals surface area contributed by atoms with E-state index in [0.29, 0.717) is 0 Å². The van der Waals surface area contributed by atoms with Crippen LogP contribution in [-0.4, -0.2) is 18.7 Å². The van der Waals surface area contributed by atoms with E-state index in [1.807, 2.05) is 30.3 Å². The fourth-order valence-corrected chi connectivity index (χ4v) is 2.02. The van der Waals surface area contributed by atoms with E-state index in [1.54, 1.807) is 6.92 Å². The van der Waals surface area contributed by atoms with Gasteiger partial charge in [-0.05, 0) is 11.5 Å². The van der Waals surface area contributed by atoms with Gasteiger partial charge in [0.05, 0.1) is 5.75 Å². The Morgan fingerprint density at radius 2 is 1.79 bits per heavy atom. The minimum absolute atomic E-state index is 0. The zero-order chi connectivity index (χ0) is 9.90. The quantitative estimate of drug-likeness (QED) is 0.789. The summed E-state index contributed by atoms with van der Waals surface area (Å²) in [6, 6.07) is 9.24. The molecule has 0 bridgehead atoms. The molecule has 1 rings (SSSR count). The second-order valence-electron chi connectivity index (χ2n) is 3.06. The SMILES string of the molecule is C.C[C@@H](CS(=O)(=O)O)c1ccccc1. The van der Waals surface area contributed by atoms with E-state index in [0.717, 1.165) is 5.56 Å². The van der Waals surface area contributed by atoms with Crippen molar-refractivity contribution in [2.24, 2.45) is 0 Å². The molecule has 0 radical (unpaired) electrons. The van der Waals surface area contributed by atoms with Gasteiger partial charge in [-0.15, -0.1) is 0 Å². The van der Waals surface area contributed by atoms with Gasteiger partial charge in [0.25, 0.3) is 10.1 Å². The third-order valence-corrected chi connectivity index (χ3v) is 2.75. The molecule has 80 valence electrons. The Bertz CT molecular complexity index is 356. The summed E-state index contributed by atoms with van der Waals surface area (Å²) in [7, 11) is -3.87. The number of benzene rings is 1. The summed E-state index contributed by atoms with van der Waals surface area (Å²) in [4.78, 5) is 0. The van der Waals surface area contributed by atoms with Crippen LogP contribution >= 0.6 is 0 Å². The molecule has 0 fully saturated rings. The van der Waals surface area contributed by atoms with Crippen molar-refractivity contribution in [2.75, 3.05) is 5.75 Å². The lowest BCUT2D eigenvalue weighted by Crippen LogP contribution is -2.10. The van der Waals surface area contributed by atoms with Gasteiger partial charge in [-0.2, -0.15) is 8.42 Å². The summed E-state index contributed by atoms with van der Waals surface area (Å²) >= 11 is 0. The van der Waals surface area contributed by atoms with Gasteiger partial charge in [0.15, 0.2) is 0 Å². The van der Waals surface area contributed by atoms with Crippen LogP contribution in [0.25, 0.3) is 0 Å². The molecule has 3 nitrogen and oxygen atoms in total. The second kappa shape index (κ2) is 5.12. The topological polar surface area (TPSA) is 54.4 Å². The Morgan fingerprint density at radius 1 is 1.29 bits per heavy atom. The first kappa shape index (κ1) is 13.1. The highest BCUT2D eigenvalue weighted by atomic mass is 32.2. The van der Waals surface area contributed by atoms with Gasteiger partial charge in [-0.3, -0.25) is 4.55 Å². The molecule has 0 spiro atoms. The molecule has 14 heavy (non-hydrogen) atoms. The van der Waals surface area contributed by atoms with Crippen molar-refractivity contribution >= 4 is 10.1 Å². The Morgan fingerprint density at radius 3 is 2.21 bits per heavy atom. The first-order valence-corrected chi connectivity index (χ1v) is 5.60. The lowest BCUT2D eigenvalue weighted by atomic mass is 10.0. The predicted molar refractivity (Wildman–Crippen MR) is 58.0 cm³/mol. The van der Waals surface area contributed by atoms with E-state index in [9.17, 15) is 8.42 Å². The van der Waals surface area contributed by atoms with Gasteiger partial charge in [0.1, 0.15) is 0 Å². The molecule has 1 N–H and O–H groups in total. The molecular weight excluding hydrogens is 200 g/mol. The standard InChI is InChI=1S/C9H12O3S.CH4/c1-8(7-13(10,11)12)9-5-3-2-4-6-9;/h2-6,8H,7H2,1H3,(H,10,11,12);1H4/t8-;/m0./s1. The van der Waals surface area contributed by atoms with Crippen molar-refractivity contribution in [1.29, 1.82) is 0 Å². The van der Waals surface area contributed by atoms with Crippen LogP contribution in [-0.2, 0) is 10.1 Å². The third kappa shape index (κ3) is 4.39. The second-order valence-corrected chi connectivity index (χ2v) is 4.56. The molecule has 0 amide bonds. The number of hydrogen-bond donors (Lipinski definition) is 1. The van der Waals surface area contributed by atoms with Gasteiger partial charge >= 0.3 is 0 Å². The molecule has 0 saturated carbocycles. The molecule has 0 heterocycles. The zero-order valence-corrected chi connectivity index (χ0v) is 8.16. The largest absolute Gasteiger partial charge is 0.286 e. The van der Waals surface area contributed by atoms with Crippen LogP contribution < -0.4 is 0 Å². The minimum atomic E-state index is -3.87. The highest BCUT2D eigenvalue weighted by Gasteiger charge is 2.13. The molecule has 0 saturated heterocycles. The summed E-state index contributed by atoms with van der Waals surface area (Å²) < 4.78 is 29.8. The molecule has 1 atom stereocenters. The first-order chi connectivity index (χ1) is 5.99. The smallest absolute Gasteiger partial charge is 0.265 e. The Kier molecular flexibility index (Phi) is 4.80. The highest BCUT2D eigenvalue weighted by Crippen LogP contribution is 2.15. The highest BCUT2D eigenvalue weighted by molar-refractivity contribution is 7.85. The van der Waals surface area contributed by atoms with Crippen LogP contribution in [0.3, 0.4) is 0 Å². The zero-order valence-electron chi connectivity index (χ0n) is 7.34. The lowest BCUT2D eigenvalue weighted by molar-refractivity contribution is 0.479. The predicted octanol–water partition coefficient (Wildman–Crippen LogP) is 2.31. The maximum atomic E-state index is 10.6. The minimum Gasteiger partial charge on any atom is -0.286 e. The van der Waals surface area contributed by atoms with Gasteiger partial charge in [-0.1, -0.05) is 44.7 Å². The molecular formula is C10H16O3S. The van der Waals surface area contributed by atoms with Crippen LogP contribution in [0.4, 0.5) is 0 Å². The molecule has 0 aliphatic rings. The van der Waals surface area contributed by atoms with E-state index in [2.05, 4.69) is 0 Å². The van der Waals surface area contributed by atoms with Crippen molar-refractivity contribution in [3.05, 3.63) is 35.9 Å². The Labute approximate surface area is 85.5 Å². The van der Waals surface area contributed by atoms with Crippen LogP contribution in [0, 0.1) is 0 Å². The van der Waals surface area contributed by atoms with Gasteiger partial charge < -0.3 is 0 Å². The van der Waals surface area contributed by atoms with Crippen molar-refractivity contribution in [3.63, 3.8) is 0 Å². The van der Waals surface area contributed by atoms with E-state index in [-0.39, 0.29) is 19.1 Å². The maximum absolute atomic E-state index is 10.6. The summed E-state index contributed by atoms with van der Waals surface area (Å²) in [6.07, 6.45) is 0. The van der Waals surface area contributed by atoms with Crippen LogP contribution in [0.5, 0.6) is 0 Å². The third-order valence-electron chi connectivity index (χ3n) is 1.83. The summed E-state index contributed by atoms with van der Waals surface area (Å²) in [5, 5.41) is 0. The number of rotatable bonds is 3. The Balaban J connectivity index is 0.00000169. The van der Waals surface area contributed by atoms with Crippen molar-refractivity contribution in [3.8, 4) is 0 Å². The van der Waals surface area contributed by atoms with Crippen LogP contribution in [0.15, 0.2) is 30.3 Å². The Hall–Kier alpha value is -0.870. The number of hydrogen-bond acceptors (Lipinski definition) is 2. The molecule has 4 heteroatoms. The van der Waals surface area contributed by atoms with Crippen LogP contribution in [0.1, 0.15) is 25.8 Å². The first-order valence-electron chi connectivity index (χ1n) is 3.99. The van der Waals surface area contributed by atoms with E-state index in [1.165, 1.54) is 0 Å². The van der Waals surface area contributed by atoms with Crippen molar-refractivity contribution in [1.82, 2.24) is 0 Å². The molecule has 0 aromatic heterocycles. The van der Waals surface area contributed by atoms with Gasteiger partial charge in [-0.25, -0.2) is 0 Å².